The molecule has 1 aliphatic rings. The third-order valence-corrected chi connectivity index (χ3v) is 5.67. The molecular formula is C13H18N2O5S. The lowest BCUT2D eigenvalue weighted by Gasteiger charge is -2.35. The molecule has 0 radical (unpaired) electrons. The first-order chi connectivity index (χ1) is 9.81. The van der Waals surface area contributed by atoms with E-state index in [-0.39, 0.29) is 36.6 Å². The van der Waals surface area contributed by atoms with E-state index in [2.05, 4.69) is 0 Å². The van der Waals surface area contributed by atoms with Gasteiger partial charge in [-0.2, -0.15) is 4.31 Å². The average molecular weight is 314 g/mol. The van der Waals surface area contributed by atoms with Crippen LogP contribution in [0.1, 0.15) is 12.8 Å². The number of carboxylic acid groups (broad SMARTS) is 1. The van der Waals surface area contributed by atoms with Crippen molar-refractivity contribution in [3.05, 3.63) is 24.3 Å². The first-order valence-electron chi connectivity index (χ1n) is 6.47. The van der Waals surface area contributed by atoms with Crippen molar-refractivity contribution in [3.63, 3.8) is 0 Å². The van der Waals surface area contributed by atoms with Gasteiger partial charge in [-0.1, -0.05) is 12.1 Å². The number of methoxy groups -OCH3 is 1. The van der Waals surface area contributed by atoms with Gasteiger partial charge in [0.05, 0.1) is 7.11 Å². The summed E-state index contributed by atoms with van der Waals surface area (Å²) in [6, 6.07) is 6.34. The summed E-state index contributed by atoms with van der Waals surface area (Å²) in [6.07, 6.45) is 0.160. The summed E-state index contributed by atoms with van der Waals surface area (Å²) in [5, 5.41) is 9.07. The van der Waals surface area contributed by atoms with Gasteiger partial charge in [0.15, 0.2) is 0 Å². The minimum absolute atomic E-state index is 0.0726. The minimum atomic E-state index is -3.72. The van der Waals surface area contributed by atoms with Crippen LogP contribution in [0.4, 0.5) is 0 Å². The van der Waals surface area contributed by atoms with Crippen LogP contribution in [0.25, 0.3) is 0 Å². The van der Waals surface area contributed by atoms with Gasteiger partial charge in [-0.3, -0.25) is 4.79 Å². The summed E-state index contributed by atoms with van der Waals surface area (Å²) in [5.41, 5.74) is 4.40. The van der Waals surface area contributed by atoms with Crippen molar-refractivity contribution in [2.75, 3.05) is 20.2 Å². The van der Waals surface area contributed by atoms with E-state index in [0.717, 1.165) is 0 Å². The van der Waals surface area contributed by atoms with Gasteiger partial charge >= 0.3 is 5.97 Å². The van der Waals surface area contributed by atoms with Crippen molar-refractivity contribution >= 4 is 16.0 Å². The smallest absolute Gasteiger partial charge is 0.323 e. The number of piperidine rings is 1. The molecule has 3 N–H and O–H groups in total. The number of carboxylic acids is 1. The van der Waals surface area contributed by atoms with E-state index < -0.39 is 21.5 Å². The predicted octanol–water partition coefficient (Wildman–Crippen LogP) is 0.262. The Morgan fingerprint density at radius 2 is 1.90 bits per heavy atom. The van der Waals surface area contributed by atoms with E-state index in [4.69, 9.17) is 15.6 Å². The second kappa shape index (κ2) is 5.63. The summed E-state index contributed by atoms with van der Waals surface area (Å²) in [7, 11) is -2.32. The third-order valence-electron chi connectivity index (χ3n) is 3.73. The molecule has 7 nitrogen and oxygen atoms in total. The number of benzene rings is 1. The highest BCUT2D eigenvalue weighted by molar-refractivity contribution is 7.89. The maximum Gasteiger partial charge on any atom is 0.323 e. The van der Waals surface area contributed by atoms with E-state index in [9.17, 15) is 13.2 Å². The Morgan fingerprint density at radius 1 is 1.33 bits per heavy atom. The first kappa shape index (κ1) is 15.7. The molecule has 1 fully saturated rings. The molecule has 0 atom stereocenters. The maximum atomic E-state index is 12.6. The Kier molecular flexibility index (Phi) is 4.22. The van der Waals surface area contributed by atoms with Crippen molar-refractivity contribution in [1.82, 2.24) is 4.31 Å². The molecule has 0 amide bonds. The summed E-state index contributed by atoms with van der Waals surface area (Å²) < 4.78 is 31.5. The zero-order valence-electron chi connectivity index (χ0n) is 11.7. The number of carbonyl (C=O) groups is 1. The highest BCUT2D eigenvalue weighted by Gasteiger charge is 2.41. The van der Waals surface area contributed by atoms with E-state index >= 15 is 0 Å². The van der Waals surface area contributed by atoms with Crippen molar-refractivity contribution in [3.8, 4) is 5.75 Å². The number of rotatable bonds is 4. The molecule has 8 heteroatoms. The molecule has 0 saturated carbocycles. The molecule has 116 valence electrons. The van der Waals surface area contributed by atoms with Gasteiger partial charge in [-0.05, 0) is 25.0 Å². The molecule has 2 rings (SSSR count). The van der Waals surface area contributed by atoms with Crippen molar-refractivity contribution < 1.29 is 23.1 Å². The van der Waals surface area contributed by atoms with Gasteiger partial charge in [-0.25, -0.2) is 8.42 Å². The maximum absolute atomic E-state index is 12.6. The van der Waals surface area contributed by atoms with E-state index in [1.165, 1.54) is 17.5 Å². The molecule has 0 aromatic heterocycles. The van der Waals surface area contributed by atoms with Crippen LogP contribution in [0.15, 0.2) is 29.2 Å². The van der Waals surface area contributed by atoms with Crippen LogP contribution in [-0.2, 0) is 14.8 Å². The molecule has 21 heavy (non-hydrogen) atoms. The van der Waals surface area contributed by atoms with Crippen molar-refractivity contribution in [2.24, 2.45) is 5.73 Å². The topological polar surface area (TPSA) is 110 Å². The largest absolute Gasteiger partial charge is 0.495 e. The number of nitrogens with zero attached hydrogens (tertiary/aromatic N) is 1. The lowest BCUT2D eigenvalue weighted by atomic mass is 9.90. The number of para-hydroxylation sites is 1. The summed E-state index contributed by atoms with van der Waals surface area (Å²) >= 11 is 0. The number of nitrogens with two attached hydrogens (primary N) is 1. The van der Waals surface area contributed by atoms with Crippen LogP contribution in [0, 0.1) is 0 Å². The third kappa shape index (κ3) is 2.87. The zero-order valence-corrected chi connectivity index (χ0v) is 12.5. The number of sulfonamides is 1. The first-order valence-corrected chi connectivity index (χ1v) is 7.91. The van der Waals surface area contributed by atoms with E-state index in [1.54, 1.807) is 18.2 Å². The standard InChI is InChI=1S/C13H18N2O5S/c1-20-10-4-2-3-5-11(10)21(18,19)15-8-6-13(14,7-9-15)12(16)17/h2-5H,6-9,14H2,1H3,(H,16,17). The number of aliphatic carboxylic acids is 1. The second-order valence-corrected chi connectivity index (χ2v) is 6.92. The Balaban J connectivity index is 2.25. The van der Waals surface area contributed by atoms with Crippen molar-refractivity contribution in [2.45, 2.75) is 23.3 Å². The zero-order chi connectivity index (χ0) is 15.7. The molecule has 1 heterocycles. The lowest BCUT2D eigenvalue weighted by Crippen LogP contribution is -2.56. The van der Waals surface area contributed by atoms with Crippen LogP contribution in [-0.4, -0.2) is 49.5 Å². The van der Waals surface area contributed by atoms with E-state index in [0.29, 0.717) is 0 Å². The van der Waals surface area contributed by atoms with Gasteiger partial charge in [0.25, 0.3) is 0 Å². The summed E-state index contributed by atoms with van der Waals surface area (Å²) in [5.74, 6) is -0.836. The fraction of sp³-hybridized carbons (Fsp3) is 0.462. The average Bonchev–Trinajstić information content (AvgIpc) is 2.47. The highest BCUT2D eigenvalue weighted by Crippen LogP contribution is 2.30. The number of hydrogen-bond acceptors (Lipinski definition) is 5. The molecule has 0 spiro atoms. The molecule has 1 aromatic rings. The van der Waals surface area contributed by atoms with Gasteiger partial charge in [0.2, 0.25) is 10.0 Å². The predicted molar refractivity (Wildman–Crippen MR) is 75.5 cm³/mol. The highest BCUT2D eigenvalue weighted by atomic mass is 32.2. The van der Waals surface area contributed by atoms with Crippen LogP contribution < -0.4 is 10.5 Å². The van der Waals surface area contributed by atoms with Crippen LogP contribution in [0.5, 0.6) is 5.75 Å². The van der Waals surface area contributed by atoms with Crippen LogP contribution in [0.2, 0.25) is 0 Å². The fourth-order valence-electron chi connectivity index (χ4n) is 2.31. The van der Waals surface area contributed by atoms with Crippen LogP contribution in [0.3, 0.4) is 0 Å². The summed E-state index contributed by atoms with van der Waals surface area (Å²) in [4.78, 5) is 11.2. The fourth-order valence-corrected chi connectivity index (χ4v) is 3.91. The second-order valence-electron chi connectivity index (χ2n) is 5.02. The van der Waals surface area contributed by atoms with E-state index in [1.807, 2.05) is 0 Å². The molecule has 1 aliphatic heterocycles. The van der Waals surface area contributed by atoms with Crippen molar-refractivity contribution in [1.29, 1.82) is 0 Å². The molecular weight excluding hydrogens is 296 g/mol. The van der Waals surface area contributed by atoms with Crippen LogP contribution >= 0.6 is 0 Å². The summed E-state index contributed by atoms with van der Waals surface area (Å²) in [6.45, 7) is 0.145. The molecule has 0 unspecified atom stereocenters. The number of hydrogen-bond donors (Lipinski definition) is 2. The quantitative estimate of drug-likeness (QED) is 0.825. The Bertz CT molecular complexity index is 636. The van der Waals surface area contributed by atoms with Gasteiger partial charge in [-0.15, -0.1) is 0 Å². The normalized spacial score (nSPS) is 19.1. The molecule has 1 saturated heterocycles. The minimum Gasteiger partial charge on any atom is -0.495 e. The Morgan fingerprint density at radius 3 is 2.43 bits per heavy atom. The van der Waals surface area contributed by atoms with Gasteiger partial charge < -0.3 is 15.6 Å². The Hall–Kier alpha value is -1.64. The SMILES string of the molecule is COc1ccccc1S(=O)(=O)N1CCC(N)(C(=O)O)CC1. The Labute approximate surface area is 123 Å². The molecule has 1 aromatic carbocycles. The van der Waals surface area contributed by atoms with Gasteiger partial charge in [0, 0.05) is 13.1 Å². The molecule has 0 aliphatic carbocycles. The lowest BCUT2D eigenvalue weighted by molar-refractivity contribution is -0.144. The van der Waals surface area contributed by atoms with Gasteiger partial charge in [0.1, 0.15) is 16.2 Å². The molecule has 0 bridgehead atoms. The monoisotopic (exact) mass is 314 g/mol. The number of ether oxygens (including phenoxy) is 1.